The van der Waals surface area contributed by atoms with Crippen LogP contribution in [0.15, 0.2) is 12.4 Å². The van der Waals surface area contributed by atoms with Crippen LogP contribution < -0.4 is 0 Å². The second-order valence-corrected chi connectivity index (χ2v) is 2.90. The fraction of sp³-hybridized carbons (Fsp3) is 0.250. The first-order valence-corrected chi connectivity index (χ1v) is 4.40. The van der Waals surface area contributed by atoms with Gasteiger partial charge in [-0.15, -0.1) is 0 Å². The first kappa shape index (κ1) is 11.4. The van der Waals surface area contributed by atoms with Gasteiger partial charge in [0.2, 0.25) is 0 Å². The Labute approximate surface area is 90.0 Å². The number of hydrogen-bond acceptors (Lipinski definition) is 5. The van der Waals surface area contributed by atoms with Crippen LogP contribution in [0.5, 0.6) is 0 Å². The van der Waals surface area contributed by atoms with E-state index in [1.54, 1.807) is 6.92 Å². The number of halogens is 1. The van der Waals surface area contributed by atoms with Crippen LogP contribution in [-0.2, 0) is 4.74 Å². The zero-order valence-electron chi connectivity index (χ0n) is 7.77. The predicted molar refractivity (Wildman–Crippen MR) is 51.9 cm³/mol. The fourth-order valence-corrected chi connectivity index (χ4v) is 1.20. The average Bonchev–Trinajstić information content (AvgIpc) is 2.17. The van der Waals surface area contributed by atoms with Crippen LogP contribution in [0.3, 0.4) is 0 Å². The maximum Gasteiger partial charge on any atom is 0.346 e. The molecular formula is C8H7ClN2O4. The molecule has 0 radical (unpaired) electrons. The van der Waals surface area contributed by atoms with Crippen molar-refractivity contribution in [3.63, 3.8) is 0 Å². The number of nitro groups is 1. The molecule has 0 bridgehead atoms. The molecule has 0 amide bonds. The molecule has 6 nitrogen and oxygen atoms in total. The highest BCUT2D eigenvalue weighted by Crippen LogP contribution is 2.25. The van der Waals surface area contributed by atoms with Gasteiger partial charge in [-0.3, -0.25) is 15.1 Å². The lowest BCUT2D eigenvalue weighted by molar-refractivity contribution is -0.385. The van der Waals surface area contributed by atoms with Crippen molar-refractivity contribution in [3.05, 3.63) is 33.1 Å². The van der Waals surface area contributed by atoms with E-state index in [9.17, 15) is 14.9 Å². The third-order valence-corrected chi connectivity index (χ3v) is 1.84. The lowest BCUT2D eigenvalue weighted by Crippen LogP contribution is -2.09. The van der Waals surface area contributed by atoms with Crippen molar-refractivity contribution < 1.29 is 14.5 Å². The maximum absolute atomic E-state index is 11.4. The summed E-state index contributed by atoms with van der Waals surface area (Å²) in [6, 6.07) is 0. The van der Waals surface area contributed by atoms with Crippen LogP contribution in [0, 0.1) is 10.1 Å². The van der Waals surface area contributed by atoms with E-state index in [0.29, 0.717) is 0 Å². The van der Waals surface area contributed by atoms with Gasteiger partial charge in [0.15, 0.2) is 5.56 Å². The normalized spacial score (nSPS) is 9.73. The Morgan fingerprint density at radius 3 is 2.87 bits per heavy atom. The van der Waals surface area contributed by atoms with Crippen molar-refractivity contribution in [2.45, 2.75) is 6.92 Å². The Morgan fingerprint density at radius 2 is 2.33 bits per heavy atom. The van der Waals surface area contributed by atoms with Crippen molar-refractivity contribution in [3.8, 4) is 0 Å². The first-order chi connectivity index (χ1) is 7.07. The summed E-state index contributed by atoms with van der Waals surface area (Å²) >= 11 is 5.64. The van der Waals surface area contributed by atoms with Gasteiger partial charge >= 0.3 is 11.7 Å². The number of carbonyl (C=O) groups excluding carboxylic acids is 1. The van der Waals surface area contributed by atoms with Gasteiger partial charge in [0.05, 0.1) is 16.6 Å². The van der Waals surface area contributed by atoms with Crippen molar-refractivity contribution in [1.29, 1.82) is 0 Å². The van der Waals surface area contributed by atoms with Crippen molar-refractivity contribution in [2.24, 2.45) is 0 Å². The van der Waals surface area contributed by atoms with E-state index in [2.05, 4.69) is 9.72 Å². The van der Waals surface area contributed by atoms with Gasteiger partial charge < -0.3 is 4.74 Å². The summed E-state index contributed by atoms with van der Waals surface area (Å²) in [5.41, 5.74) is -0.723. The zero-order chi connectivity index (χ0) is 11.4. The lowest BCUT2D eigenvalue weighted by atomic mass is 10.2. The monoisotopic (exact) mass is 230 g/mol. The summed E-state index contributed by atoms with van der Waals surface area (Å²) in [6.45, 7) is 1.72. The molecule has 15 heavy (non-hydrogen) atoms. The Bertz CT molecular complexity index is 408. The minimum absolute atomic E-state index is 0.0948. The summed E-state index contributed by atoms with van der Waals surface area (Å²) in [5.74, 6) is -0.823. The van der Waals surface area contributed by atoms with E-state index in [1.807, 2.05) is 0 Å². The van der Waals surface area contributed by atoms with Crippen LogP contribution >= 0.6 is 11.6 Å². The number of esters is 1. The Kier molecular flexibility index (Phi) is 3.56. The molecule has 0 saturated heterocycles. The van der Waals surface area contributed by atoms with Gasteiger partial charge in [-0.25, -0.2) is 4.79 Å². The van der Waals surface area contributed by atoms with Crippen molar-refractivity contribution in [2.75, 3.05) is 6.61 Å². The third kappa shape index (κ3) is 2.41. The van der Waals surface area contributed by atoms with Crippen molar-refractivity contribution in [1.82, 2.24) is 4.98 Å². The molecule has 1 aromatic rings. The summed E-state index contributed by atoms with van der Waals surface area (Å²) in [4.78, 5) is 24.7. The van der Waals surface area contributed by atoms with E-state index in [0.717, 1.165) is 12.4 Å². The summed E-state index contributed by atoms with van der Waals surface area (Å²) in [6.07, 6.45) is 2.11. The van der Waals surface area contributed by atoms with E-state index in [4.69, 9.17) is 11.6 Å². The molecule has 0 unspecified atom stereocenters. The van der Waals surface area contributed by atoms with Crippen molar-refractivity contribution >= 4 is 23.3 Å². The Balaban J connectivity index is 3.24. The molecule has 0 N–H and O–H groups in total. The number of carbonyl (C=O) groups is 1. The number of pyridine rings is 1. The molecule has 7 heteroatoms. The van der Waals surface area contributed by atoms with Gasteiger partial charge in [0.1, 0.15) is 6.20 Å². The SMILES string of the molecule is CCOC(=O)c1c(Cl)cncc1[N+](=O)[O-]. The topological polar surface area (TPSA) is 82.3 Å². The van der Waals surface area contributed by atoms with Gasteiger partial charge in [0.25, 0.3) is 0 Å². The molecule has 1 aromatic heterocycles. The van der Waals surface area contributed by atoms with E-state index in [-0.39, 0.29) is 17.2 Å². The number of hydrogen-bond donors (Lipinski definition) is 0. The number of aromatic nitrogens is 1. The molecule has 1 heterocycles. The largest absolute Gasteiger partial charge is 0.462 e. The van der Waals surface area contributed by atoms with Crippen LogP contribution in [0.4, 0.5) is 5.69 Å². The van der Waals surface area contributed by atoms with Gasteiger partial charge in [-0.2, -0.15) is 0 Å². The summed E-state index contributed by atoms with van der Waals surface area (Å²) in [5, 5.41) is 10.5. The van der Waals surface area contributed by atoms with Crippen LogP contribution in [0.1, 0.15) is 17.3 Å². The average molecular weight is 231 g/mol. The van der Waals surface area contributed by atoms with Gasteiger partial charge in [-0.05, 0) is 6.92 Å². The predicted octanol–water partition coefficient (Wildman–Crippen LogP) is 1.82. The molecule has 0 fully saturated rings. The molecule has 0 aliphatic rings. The van der Waals surface area contributed by atoms with Crippen LogP contribution in [0.25, 0.3) is 0 Å². The first-order valence-electron chi connectivity index (χ1n) is 4.03. The minimum atomic E-state index is -0.823. The number of rotatable bonds is 3. The van der Waals surface area contributed by atoms with E-state index >= 15 is 0 Å². The van der Waals surface area contributed by atoms with Gasteiger partial charge in [0, 0.05) is 6.20 Å². The smallest absolute Gasteiger partial charge is 0.346 e. The van der Waals surface area contributed by atoms with E-state index < -0.39 is 16.6 Å². The molecule has 0 atom stereocenters. The molecule has 1 rings (SSSR count). The molecule has 0 aliphatic heterocycles. The van der Waals surface area contributed by atoms with Gasteiger partial charge in [-0.1, -0.05) is 11.6 Å². The third-order valence-electron chi connectivity index (χ3n) is 1.56. The Hall–Kier alpha value is -1.69. The molecule has 80 valence electrons. The second kappa shape index (κ2) is 4.70. The molecule has 0 saturated carbocycles. The highest BCUT2D eigenvalue weighted by Gasteiger charge is 2.24. The summed E-state index contributed by atoms with van der Waals surface area (Å²) in [7, 11) is 0. The molecular weight excluding hydrogens is 224 g/mol. The summed E-state index contributed by atoms with van der Waals surface area (Å²) < 4.78 is 4.64. The standard InChI is InChI=1S/C8H7ClN2O4/c1-2-15-8(12)7-5(9)3-10-4-6(7)11(13)14/h3-4H,2H2,1H3. The Morgan fingerprint density at radius 1 is 1.67 bits per heavy atom. The number of nitrogens with zero attached hydrogens (tertiary/aromatic N) is 2. The molecule has 0 spiro atoms. The fourth-order valence-electron chi connectivity index (χ4n) is 0.969. The minimum Gasteiger partial charge on any atom is -0.462 e. The quantitative estimate of drug-likeness (QED) is 0.449. The lowest BCUT2D eigenvalue weighted by Gasteiger charge is -2.03. The highest BCUT2D eigenvalue weighted by atomic mass is 35.5. The molecule has 0 aromatic carbocycles. The highest BCUT2D eigenvalue weighted by molar-refractivity contribution is 6.34. The molecule has 0 aliphatic carbocycles. The number of ether oxygens (including phenoxy) is 1. The maximum atomic E-state index is 11.4. The van der Waals surface area contributed by atoms with Crippen LogP contribution in [0.2, 0.25) is 5.02 Å². The van der Waals surface area contributed by atoms with Crippen LogP contribution in [-0.4, -0.2) is 22.5 Å². The zero-order valence-corrected chi connectivity index (χ0v) is 8.52. The van der Waals surface area contributed by atoms with E-state index in [1.165, 1.54) is 0 Å². The second-order valence-electron chi connectivity index (χ2n) is 2.49.